The van der Waals surface area contributed by atoms with Crippen LogP contribution in [0.3, 0.4) is 0 Å². The number of aromatic nitrogens is 2. The summed E-state index contributed by atoms with van der Waals surface area (Å²) in [6.07, 6.45) is 6.50. The van der Waals surface area contributed by atoms with Crippen LogP contribution >= 0.6 is 11.8 Å². The molecule has 0 aliphatic carbocycles. The minimum absolute atomic E-state index is 0.515. The first-order valence-electron chi connectivity index (χ1n) is 6.05. The highest BCUT2D eigenvalue weighted by atomic mass is 32.2. The van der Waals surface area contributed by atoms with Crippen LogP contribution in [0.2, 0.25) is 0 Å². The van der Waals surface area contributed by atoms with Crippen molar-refractivity contribution in [2.45, 2.75) is 31.6 Å². The highest BCUT2D eigenvalue weighted by Crippen LogP contribution is 2.23. The highest BCUT2D eigenvalue weighted by molar-refractivity contribution is 7.99. The largest absolute Gasteiger partial charge is 0.341 e. The van der Waals surface area contributed by atoms with Crippen molar-refractivity contribution in [3.8, 4) is 0 Å². The van der Waals surface area contributed by atoms with Crippen molar-refractivity contribution < 1.29 is 0 Å². The van der Waals surface area contributed by atoms with E-state index in [1.807, 2.05) is 24.9 Å². The third-order valence-corrected chi connectivity index (χ3v) is 4.48. The minimum Gasteiger partial charge on any atom is -0.341 e. The van der Waals surface area contributed by atoms with Gasteiger partial charge in [-0.2, -0.15) is 11.8 Å². The molecule has 94 valence electrons. The van der Waals surface area contributed by atoms with Crippen molar-refractivity contribution in [3.63, 3.8) is 0 Å². The lowest BCUT2D eigenvalue weighted by atomic mass is 10.1. The van der Waals surface area contributed by atoms with Crippen molar-refractivity contribution in [3.05, 3.63) is 17.5 Å². The second-order valence-corrected chi connectivity index (χ2v) is 5.54. The fourth-order valence-corrected chi connectivity index (χ4v) is 2.81. The average Bonchev–Trinajstić information content (AvgIpc) is 2.39. The number of rotatable bonds is 3. The highest BCUT2D eigenvalue weighted by Gasteiger charge is 2.20. The Morgan fingerprint density at radius 2 is 2.18 bits per heavy atom. The molecule has 0 atom stereocenters. The van der Waals surface area contributed by atoms with Crippen LogP contribution in [0.1, 0.15) is 24.1 Å². The van der Waals surface area contributed by atoms with Crippen LogP contribution in [0, 0.1) is 6.92 Å². The topological polar surface area (TPSA) is 55.0 Å². The number of anilines is 1. The molecule has 2 N–H and O–H groups in total. The van der Waals surface area contributed by atoms with Crippen molar-refractivity contribution in [1.29, 1.82) is 0 Å². The molecule has 2 rings (SSSR count). The zero-order valence-electron chi connectivity index (χ0n) is 10.5. The first-order chi connectivity index (χ1) is 8.24. The van der Waals surface area contributed by atoms with Gasteiger partial charge in [-0.3, -0.25) is 0 Å². The molecule has 0 aromatic carbocycles. The third-order valence-electron chi connectivity index (χ3n) is 3.35. The lowest BCUT2D eigenvalue weighted by molar-refractivity contribution is 0.580. The Bertz CT molecular complexity index is 375. The Hall–Kier alpha value is -0.810. The summed E-state index contributed by atoms with van der Waals surface area (Å²) >= 11 is 1.97. The second-order valence-electron chi connectivity index (χ2n) is 4.41. The van der Waals surface area contributed by atoms with E-state index in [4.69, 9.17) is 5.73 Å². The first-order valence-corrected chi connectivity index (χ1v) is 7.33. The lowest BCUT2D eigenvalue weighted by Crippen LogP contribution is -2.36. The zero-order chi connectivity index (χ0) is 12.3. The van der Waals surface area contributed by atoms with Gasteiger partial charge in [-0.25, -0.2) is 9.97 Å². The molecular weight excluding hydrogens is 232 g/mol. The molecule has 1 aromatic heterocycles. The molecule has 0 unspecified atom stereocenters. The number of hydrogen-bond donors (Lipinski definition) is 1. The van der Waals surface area contributed by atoms with Gasteiger partial charge in [0.15, 0.2) is 0 Å². The number of nitrogens with two attached hydrogens (primary N) is 1. The predicted molar refractivity (Wildman–Crippen MR) is 73.4 cm³/mol. The molecule has 1 aromatic rings. The van der Waals surface area contributed by atoms with Crippen LogP contribution in [0.25, 0.3) is 0 Å². The normalized spacial score (nSPS) is 17.5. The fourth-order valence-electron chi connectivity index (χ4n) is 2.12. The number of thioether (sulfide) groups is 1. The SMILES string of the molecule is CSC1CCN(c2ncc(CN)c(C)n2)CC1. The summed E-state index contributed by atoms with van der Waals surface area (Å²) in [5, 5.41) is 0.802. The van der Waals surface area contributed by atoms with E-state index in [1.54, 1.807) is 0 Å². The molecule has 0 radical (unpaired) electrons. The molecule has 1 fully saturated rings. The van der Waals surface area contributed by atoms with Crippen molar-refractivity contribution in [2.75, 3.05) is 24.2 Å². The zero-order valence-corrected chi connectivity index (χ0v) is 11.3. The van der Waals surface area contributed by atoms with E-state index in [-0.39, 0.29) is 0 Å². The Balaban J connectivity index is 2.06. The summed E-state index contributed by atoms with van der Waals surface area (Å²) in [7, 11) is 0. The third kappa shape index (κ3) is 2.90. The van der Waals surface area contributed by atoms with E-state index in [0.717, 1.165) is 35.5 Å². The van der Waals surface area contributed by atoms with Crippen LogP contribution in [0.4, 0.5) is 5.95 Å². The van der Waals surface area contributed by atoms with Gasteiger partial charge in [0, 0.05) is 42.3 Å². The first kappa shape index (κ1) is 12.6. The molecule has 5 heteroatoms. The molecule has 1 saturated heterocycles. The number of nitrogens with zero attached hydrogens (tertiary/aromatic N) is 3. The maximum Gasteiger partial charge on any atom is 0.225 e. The Morgan fingerprint density at radius 1 is 1.47 bits per heavy atom. The number of piperidine rings is 1. The van der Waals surface area contributed by atoms with Gasteiger partial charge in [-0.1, -0.05) is 0 Å². The smallest absolute Gasteiger partial charge is 0.225 e. The summed E-state index contributed by atoms with van der Waals surface area (Å²) in [6.45, 7) is 4.64. The Kier molecular flexibility index (Phi) is 4.23. The van der Waals surface area contributed by atoms with Gasteiger partial charge >= 0.3 is 0 Å². The van der Waals surface area contributed by atoms with Crippen LogP contribution < -0.4 is 10.6 Å². The van der Waals surface area contributed by atoms with E-state index in [1.165, 1.54) is 12.8 Å². The van der Waals surface area contributed by atoms with Crippen molar-refractivity contribution >= 4 is 17.7 Å². The van der Waals surface area contributed by atoms with Crippen LogP contribution in [0.15, 0.2) is 6.20 Å². The molecular formula is C12H20N4S. The van der Waals surface area contributed by atoms with Crippen LogP contribution in [-0.4, -0.2) is 34.6 Å². The molecule has 0 amide bonds. The maximum absolute atomic E-state index is 5.62. The predicted octanol–water partition coefficient (Wildman–Crippen LogP) is 1.58. The van der Waals surface area contributed by atoms with Gasteiger partial charge in [0.2, 0.25) is 5.95 Å². The van der Waals surface area contributed by atoms with E-state index in [9.17, 15) is 0 Å². The van der Waals surface area contributed by atoms with Gasteiger partial charge in [0.25, 0.3) is 0 Å². The van der Waals surface area contributed by atoms with Gasteiger partial charge in [0.05, 0.1) is 0 Å². The Morgan fingerprint density at radius 3 is 2.71 bits per heavy atom. The molecule has 17 heavy (non-hydrogen) atoms. The average molecular weight is 252 g/mol. The molecule has 0 spiro atoms. The lowest BCUT2D eigenvalue weighted by Gasteiger charge is -2.31. The van der Waals surface area contributed by atoms with Gasteiger partial charge in [-0.15, -0.1) is 0 Å². The summed E-state index contributed by atoms with van der Waals surface area (Å²) in [6, 6.07) is 0. The van der Waals surface area contributed by atoms with Crippen molar-refractivity contribution in [2.24, 2.45) is 5.73 Å². The Labute approximate surface area is 107 Å². The van der Waals surface area contributed by atoms with Crippen LogP contribution in [-0.2, 0) is 6.54 Å². The maximum atomic E-state index is 5.62. The summed E-state index contributed by atoms with van der Waals surface area (Å²) in [4.78, 5) is 11.2. The number of hydrogen-bond acceptors (Lipinski definition) is 5. The molecule has 1 aliphatic heterocycles. The molecule has 2 heterocycles. The van der Waals surface area contributed by atoms with E-state index in [2.05, 4.69) is 21.1 Å². The molecule has 0 saturated carbocycles. The monoisotopic (exact) mass is 252 g/mol. The van der Waals surface area contributed by atoms with E-state index < -0.39 is 0 Å². The molecule has 4 nitrogen and oxygen atoms in total. The summed E-state index contributed by atoms with van der Waals surface area (Å²) in [5.74, 6) is 0.860. The van der Waals surface area contributed by atoms with E-state index in [0.29, 0.717) is 6.54 Å². The minimum atomic E-state index is 0.515. The van der Waals surface area contributed by atoms with Crippen molar-refractivity contribution in [1.82, 2.24) is 9.97 Å². The fraction of sp³-hybridized carbons (Fsp3) is 0.667. The van der Waals surface area contributed by atoms with Gasteiger partial charge < -0.3 is 10.6 Å². The van der Waals surface area contributed by atoms with Gasteiger partial charge in [0.1, 0.15) is 0 Å². The standard InChI is InChI=1S/C12H20N4S/c1-9-10(7-13)8-14-12(15-9)16-5-3-11(17-2)4-6-16/h8,11H,3-7,13H2,1-2H3. The molecule has 1 aliphatic rings. The summed E-state index contributed by atoms with van der Waals surface area (Å²) < 4.78 is 0. The van der Waals surface area contributed by atoms with Crippen LogP contribution in [0.5, 0.6) is 0 Å². The van der Waals surface area contributed by atoms with E-state index >= 15 is 0 Å². The number of aryl methyl sites for hydroxylation is 1. The summed E-state index contributed by atoms with van der Waals surface area (Å²) in [5.41, 5.74) is 7.66. The molecule has 0 bridgehead atoms. The second kappa shape index (κ2) is 5.69. The quantitative estimate of drug-likeness (QED) is 0.885. The van der Waals surface area contributed by atoms with Gasteiger partial charge in [-0.05, 0) is 26.0 Å².